The lowest BCUT2D eigenvalue weighted by molar-refractivity contribution is -0.139. The molecule has 0 radical (unpaired) electrons. The second kappa shape index (κ2) is 9.63. The van der Waals surface area contributed by atoms with E-state index in [-0.39, 0.29) is 37.2 Å². The summed E-state index contributed by atoms with van der Waals surface area (Å²) in [5.41, 5.74) is -0.304. The van der Waals surface area contributed by atoms with Crippen LogP contribution in [0.5, 0.6) is 0 Å². The molecule has 1 aliphatic heterocycles. The average Bonchev–Trinajstić information content (AvgIpc) is 3.20. The van der Waals surface area contributed by atoms with Crippen molar-refractivity contribution in [3.8, 4) is 0 Å². The zero-order valence-corrected chi connectivity index (χ0v) is 16.6. The molecule has 1 saturated carbocycles. The fourth-order valence-electron chi connectivity index (χ4n) is 4.39. The topological polar surface area (TPSA) is 49.4 Å². The van der Waals surface area contributed by atoms with Gasteiger partial charge in [0.15, 0.2) is 0 Å². The minimum absolute atomic E-state index is 0.0574. The van der Waals surface area contributed by atoms with Crippen molar-refractivity contribution in [3.05, 3.63) is 35.4 Å². The van der Waals surface area contributed by atoms with E-state index in [1.807, 2.05) is 0 Å². The van der Waals surface area contributed by atoms with Gasteiger partial charge in [0.25, 0.3) is 0 Å². The van der Waals surface area contributed by atoms with Crippen LogP contribution in [0.25, 0.3) is 0 Å². The summed E-state index contributed by atoms with van der Waals surface area (Å²) in [6, 6.07) is 5.01. The molecular formula is C22H29F3N2O2. The highest BCUT2D eigenvalue weighted by atomic mass is 19.4. The molecule has 4 nitrogen and oxygen atoms in total. The number of benzene rings is 1. The predicted octanol–water partition coefficient (Wildman–Crippen LogP) is 4.53. The van der Waals surface area contributed by atoms with Gasteiger partial charge in [-0.1, -0.05) is 37.8 Å². The molecule has 2 aliphatic rings. The van der Waals surface area contributed by atoms with Gasteiger partial charge in [-0.15, -0.1) is 0 Å². The third-order valence-corrected chi connectivity index (χ3v) is 6.06. The highest BCUT2D eigenvalue weighted by Gasteiger charge is 2.32. The van der Waals surface area contributed by atoms with Crippen molar-refractivity contribution in [2.24, 2.45) is 11.8 Å². The molecule has 3 rings (SSSR count). The molecule has 160 valence electrons. The van der Waals surface area contributed by atoms with Crippen LogP contribution < -0.4 is 5.32 Å². The lowest BCUT2D eigenvalue weighted by Crippen LogP contribution is -2.45. The first kappa shape index (κ1) is 21.7. The van der Waals surface area contributed by atoms with Crippen LogP contribution in [0.2, 0.25) is 0 Å². The maximum atomic E-state index is 12.9. The number of alkyl halides is 3. The number of nitrogens with one attached hydrogen (secondary N) is 1. The predicted molar refractivity (Wildman–Crippen MR) is 104 cm³/mol. The Bertz CT molecular complexity index is 714. The molecule has 2 amide bonds. The van der Waals surface area contributed by atoms with E-state index in [1.165, 1.54) is 36.6 Å². The number of piperidine rings is 1. The van der Waals surface area contributed by atoms with Gasteiger partial charge in [0.1, 0.15) is 0 Å². The number of rotatable bonds is 7. The molecule has 0 aromatic heterocycles. The lowest BCUT2D eigenvalue weighted by Gasteiger charge is -2.32. The zero-order valence-electron chi connectivity index (χ0n) is 16.6. The van der Waals surface area contributed by atoms with Gasteiger partial charge in [-0.2, -0.15) is 13.2 Å². The van der Waals surface area contributed by atoms with Gasteiger partial charge in [-0.05, 0) is 42.9 Å². The van der Waals surface area contributed by atoms with Gasteiger partial charge in [0.2, 0.25) is 11.8 Å². The van der Waals surface area contributed by atoms with Crippen LogP contribution in [0, 0.1) is 11.8 Å². The van der Waals surface area contributed by atoms with Crippen LogP contribution in [0.3, 0.4) is 0 Å². The fraction of sp³-hybridized carbons (Fsp3) is 0.636. The molecule has 29 heavy (non-hydrogen) atoms. The molecule has 1 atom stereocenters. The SMILES string of the molecule is O=C(NCCCC1CCCC1)[C@@H]1CCC(=O)N(Cc2cccc(C(F)(F)F)c2)C1. The number of halogens is 3. The van der Waals surface area contributed by atoms with Gasteiger partial charge in [-0.3, -0.25) is 9.59 Å². The first-order valence-electron chi connectivity index (χ1n) is 10.5. The third kappa shape index (κ3) is 6.21. The number of hydrogen-bond acceptors (Lipinski definition) is 2. The number of hydrogen-bond donors (Lipinski definition) is 1. The summed E-state index contributed by atoms with van der Waals surface area (Å²) in [7, 11) is 0. The Labute approximate surface area is 169 Å². The zero-order chi connectivity index (χ0) is 20.9. The fourth-order valence-corrected chi connectivity index (χ4v) is 4.39. The van der Waals surface area contributed by atoms with Crippen molar-refractivity contribution in [1.82, 2.24) is 10.2 Å². The van der Waals surface area contributed by atoms with E-state index in [0.717, 1.165) is 30.9 Å². The van der Waals surface area contributed by atoms with E-state index < -0.39 is 11.7 Å². The van der Waals surface area contributed by atoms with Crippen LogP contribution >= 0.6 is 0 Å². The van der Waals surface area contributed by atoms with Crippen LogP contribution in [-0.2, 0) is 22.3 Å². The molecule has 1 aliphatic carbocycles. The molecule has 0 unspecified atom stereocenters. The second-order valence-electron chi connectivity index (χ2n) is 8.29. The summed E-state index contributed by atoms with van der Waals surface area (Å²) in [5.74, 6) is 0.317. The molecule has 2 fully saturated rings. The number of carbonyl (C=O) groups is 2. The Morgan fingerprint density at radius 3 is 2.66 bits per heavy atom. The molecule has 0 bridgehead atoms. The molecular weight excluding hydrogens is 381 g/mol. The number of carbonyl (C=O) groups excluding carboxylic acids is 2. The maximum absolute atomic E-state index is 12.9. The molecule has 7 heteroatoms. The Morgan fingerprint density at radius 2 is 1.93 bits per heavy atom. The highest BCUT2D eigenvalue weighted by molar-refractivity contribution is 5.83. The van der Waals surface area contributed by atoms with Gasteiger partial charge in [0.05, 0.1) is 11.5 Å². The van der Waals surface area contributed by atoms with Crippen LogP contribution in [-0.4, -0.2) is 29.8 Å². The average molecular weight is 410 g/mol. The summed E-state index contributed by atoms with van der Waals surface area (Å²) >= 11 is 0. The summed E-state index contributed by atoms with van der Waals surface area (Å²) in [4.78, 5) is 26.2. The molecule has 1 N–H and O–H groups in total. The number of nitrogens with zero attached hydrogens (tertiary/aromatic N) is 1. The standard InChI is InChI=1S/C22H29F3N2O2/c23-22(24,25)19-9-3-7-17(13-19)14-27-15-18(10-11-20(27)28)21(29)26-12-4-8-16-5-1-2-6-16/h3,7,9,13,16,18H,1-2,4-6,8,10-12,14-15H2,(H,26,29)/t18-/m1/s1. The Morgan fingerprint density at radius 1 is 1.17 bits per heavy atom. The molecule has 1 heterocycles. The smallest absolute Gasteiger partial charge is 0.356 e. The molecule has 1 aromatic rings. The van der Waals surface area contributed by atoms with Crippen molar-refractivity contribution in [1.29, 1.82) is 0 Å². The minimum Gasteiger partial charge on any atom is -0.356 e. The highest BCUT2D eigenvalue weighted by Crippen LogP contribution is 2.30. The van der Waals surface area contributed by atoms with E-state index in [1.54, 1.807) is 6.07 Å². The Balaban J connectivity index is 1.49. The summed E-state index contributed by atoms with van der Waals surface area (Å²) in [6.07, 6.45) is 3.66. The first-order valence-corrected chi connectivity index (χ1v) is 10.5. The normalized spacial score (nSPS) is 20.9. The lowest BCUT2D eigenvalue weighted by atomic mass is 9.95. The van der Waals surface area contributed by atoms with Gasteiger partial charge < -0.3 is 10.2 Å². The summed E-state index contributed by atoms with van der Waals surface area (Å²) in [5, 5.41) is 2.98. The first-order chi connectivity index (χ1) is 13.8. The molecule has 1 saturated heterocycles. The molecule has 1 aromatic carbocycles. The van der Waals surface area contributed by atoms with E-state index >= 15 is 0 Å². The van der Waals surface area contributed by atoms with Crippen LogP contribution in [0.4, 0.5) is 13.2 Å². The summed E-state index contributed by atoms with van der Waals surface area (Å²) in [6.45, 7) is 0.991. The van der Waals surface area contributed by atoms with Crippen molar-refractivity contribution < 1.29 is 22.8 Å². The van der Waals surface area contributed by atoms with E-state index in [9.17, 15) is 22.8 Å². The minimum atomic E-state index is -4.41. The Kier molecular flexibility index (Phi) is 7.19. The van der Waals surface area contributed by atoms with Crippen LogP contribution in [0.1, 0.15) is 62.5 Å². The van der Waals surface area contributed by atoms with Gasteiger partial charge in [-0.25, -0.2) is 0 Å². The van der Waals surface area contributed by atoms with Crippen LogP contribution in [0.15, 0.2) is 24.3 Å². The van der Waals surface area contributed by atoms with Crippen molar-refractivity contribution >= 4 is 11.8 Å². The summed E-state index contributed by atoms with van der Waals surface area (Å²) < 4.78 is 38.7. The number of likely N-dealkylation sites (tertiary alicyclic amines) is 1. The van der Waals surface area contributed by atoms with Crippen molar-refractivity contribution in [3.63, 3.8) is 0 Å². The largest absolute Gasteiger partial charge is 0.416 e. The van der Waals surface area contributed by atoms with Gasteiger partial charge in [0, 0.05) is 26.1 Å². The molecule has 0 spiro atoms. The number of amides is 2. The third-order valence-electron chi connectivity index (χ3n) is 6.06. The van der Waals surface area contributed by atoms with E-state index in [2.05, 4.69) is 5.32 Å². The quantitative estimate of drug-likeness (QED) is 0.672. The van der Waals surface area contributed by atoms with E-state index in [0.29, 0.717) is 18.5 Å². The maximum Gasteiger partial charge on any atom is 0.416 e. The van der Waals surface area contributed by atoms with Crippen molar-refractivity contribution in [2.75, 3.05) is 13.1 Å². The van der Waals surface area contributed by atoms with Gasteiger partial charge >= 0.3 is 6.18 Å². The van der Waals surface area contributed by atoms with Crippen molar-refractivity contribution in [2.45, 2.75) is 64.1 Å². The Hall–Kier alpha value is -2.05. The monoisotopic (exact) mass is 410 g/mol. The van der Waals surface area contributed by atoms with E-state index in [4.69, 9.17) is 0 Å². The second-order valence-corrected chi connectivity index (χ2v) is 8.29.